The van der Waals surface area contributed by atoms with Crippen LogP contribution >= 0.6 is 11.3 Å². The molecule has 0 saturated heterocycles. The van der Waals surface area contributed by atoms with Crippen molar-refractivity contribution in [2.75, 3.05) is 0 Å². The zero-order valence-corrected chi connectivity index (χ0v) is 8.23. The van der Waals surface area contributed by atoms with Crippen molar-refractivity contribution in [2.45, 2.75) is 0 Å². The Bertz CT molecular complexity index is 584. The number of hydrogen-bond donors (Lipinski definition) is 1. The molecule has 0 aliphatic rings. The monoisotopic (exact) mass is 219 g/mol. The summed E-state index contributed by atoms with van der Waals surface area (Å²) in [6.45, 7) is 0. The summed E-state index contributed by atoms with van der Waals surface area (Å²) in [5.74, 6) is -0.611. The zero-order chi connectivity index (χ0) is 10.8. The third-order valence-corrected chi connectivity index (χ3v) is 2.93. The molecule has 1 amide bonds. The van der Waals surface area contributed by atoms with Gasteiger partial charge in [-0.1, -0.05) is 5.11 Å². The number of nitrogens with two attached hydrogens (primary N) is 1. The van der Waals surface area contributed by atoms with Gasteiger partial charge in [-0.3, -0.25) is 4.79 Å². The van der Waals surface area contributed by atoms with Crippen LogP contribution in [0.1, 0.15) is 9.67 Å². The summed E-state index contributed by atoms with van der Waals surface area (Å²) < 4.78 is 0. The molecule has 0 bridgehead atoms. The Kier molecular flexibility index (Phi) is 2.24. The summed E-state index contributed by atoms with van der Waals surface area (Å²) in [6, 6.07) is 3.44. The van der Waals surface area contributed by atoms with E-state index in [1.165, 1.54) is 0 Å². The van der Waals surface area contributed by atoms with E-state index in [2.05, 4.69) is 15.0 Å². The Morgan fingerprint density at radius 2 is 2.47 bits per heavy atom. The lowest BCUT2D eigenvalue weighted by atomic mass is 10.2. The summed E-state index contributed by atoms with van der Waals surface area (Å²) in [7, 11) is 0. The maximum atomic E-state index is 11.1. The van der Waals surface area contributed by atoms with Crippen LogP contribution in [0.15, 0.2) is 23.4 Å². The standard InChI is InChI=1S/C8H5N5OS/c9-7(14)6-5(12-13-10)4-2-1-3-11-8(4)15-6/h1-3H,(H2,9,14). The third-order valence-electron chi connectivity index (χ3n) is 1.81. The number of thiophene rings is 1. The Hall–Kier alpha value is -2.11. The van der Waals surface area contributed by atoms with E-state index in [4.69, 9.17) is 11.3 Å². The molecular formula is C8H5N5OS. The fourth-order valence-electron chi connectivity index (χ4n) is 1.23. The highest BCUT2D eigenvalue weighted by molar-refractivity contribution is 7.21. The summed E-state index contributed by atoms with van der Waals surface area (Å²) in [4.78, 5) is 18.7. The maximum Gasteiger partial charge on any atom is 0.259 e. The molecule has 2 rings (SSSR count). The molecular weight excluding hydrogens is 214 g/mol. The molecule has 6 nitrogen and oxygen atoms in total. The predicted octanol–water partition coefficient (Wildman–Crippen LogP) is 2.34. The number of nitrogens with zero attached hydrogens (tertiary/aromatic N) is 4. The quantitative estimate of drug-likeness (QED) is 0.475. The van der Waals surface area contributed by atoms with Gasteiger partial charge in [0, 0.05) is 16.5 Å². The highest BCUT2D eigenvalue weighted by atomic mass is 32.1. The number of rotatable bonds is 2. The van der Waals surface area contributed by atoms with Crippen LogP contribution in [0.25, 0.3) is 20.7 Å². The zero-order valence-electron chi connectivity index (χ0n) is 7.41. The minimum absolute atomic E-state index is 0.238. The summed E-state index contributed by atoms with van der Waals surface area (Å²) in [5.41, 5.74) is 13.8. The molecule has 2 heterocycles. The van der Waals surface area contributed by atoms with E-state index in [0.29, 0.717) is 10.2 Å². The fraction of sp³-hybridized carbons (Fsp3) is 0. The van der Waals surface area contributed by atoms with E-state index in [1.807, 2.05) is 0 Å². The third kappa shape index (κ3) is 1.50. The second-order valence-corrected chi connectivity index (χ2v) is 3.69. The molecule has 0 atom stereocenters. The molecule has 0 fully saturated rings. The van der Waals surface area contributed by atoms with Crippen molar-refractivity contribution in [3.8, 4) is 0 Å². The molecule has 0 radical (unpaired) electrons. The molecule has 0 saturated carbocycles. The number of pyridine rings is 1. The highest BCUT2D eigenvalue weighted by Gasteiger charge is 2.15. The largest absolute Gasteiger partial charge is 0.365 e. The van der Waals surface area contributed by atoms with Crippen molar-refractivity contribution in [1.29, 1.82) is 0 Å². The molecule has 0 spiro atoms. The molecule has 0 aliphatic heterocycles. The summed E-state index contributed by atoms with van der Waals surface area (Å²) >= 11 is 1.12. The average Bonchev–Trinajstić information content (AvgIpc) is 2.58. The van der Waals surface area contributed by atoms with E-state index in [-0.39, 0.29) is 10.6 Å². The Balaban J connectivity index is 2.85. The lowest BCUT2D eigenvalue weighted by Crippen LogP contribution is -2.08. The molecule has 0 aliphatic carbocycles. The second-order valence-electron chi connectivity index (χ2n) is 2.69. The number of amides is 1. The van der Waals surface area contributed by atoms with Crippen molar-refractivity contribution in [3.05, 3.63) is 33.6 Å². The Labute approximate surface area is 88.0 Å². The molecule has 0 aromatic carbocycles. The molecule has 2 aromatic rings. The normalized spacial score (nSPS) is 9.87. The molecule has 74 valence electrons. The minimum atomic E-state index is -0.611. The number of azide groups is 1. The first-order chi connectivity index (χ1) is 7.24. The van der Waals surface area contributed by atoms with Crippen LogP contribution in [0.5, 0.6) is 0 Å². The lowest BCUT2D eigenvalue weighted by Gasteiger charge is -1.90. The van der Waals surface area contributed by atoms with Crippen LogP contribution in [0.3, 0.4) is 0 Å². The van der Waals surface area contributed by atoms with Gasteiger partial charge < -0.3 is 5.73 Å². The van der Waals surface area contributed by atoms with Crippen LogP contribution in [0.4, 0.5) is 5.69 Å². The van der Waals surface area contributed by atoms with Gasteiger partial charge in [0.05, 0.1) is 5.69 Å². The first-order valence-electron chi connectivity index (χ1n) is 3.96. The summed E-state index contributed by atoms with van der Waals surface area (Å²) in [6.07, 6.45) is 1.60. The van der Waals surface area contributed by atoms with E-state index in [9.17, 15) is 4.79 Å². The van der Waals surface area contributed by atoms with Crippen LogP contribution < -0.4 is 5.73 Å². The maximum absolute atomic E-state index is 11.1. The van der Waals surface area contributed by atoms with Gasteiger partial charge >= 0.3 is 0 Å². The van der Waals surface area contributed by atoms with Crippen molar-refractivity contribution in [1.82, 2.24) is 4.98 Å². The summed E-state index contributed by atoms with van der Waals surface area (Å²) in [5, 5.41) is 4.11. The Morgan fingerprint density at radius 3 is 3.13 bits per heavy atom. The van der Waals surface area contributed by atoms with E-state index < -0.39 is 5.91 Å². The molecule has 2 aromatic heterocycles. The van der Waals surface area contributed by atoms with Crippen molar-refractivity contribution >= 4 is 33.1 Å². The highest BCUT2D eigenvalue weighted by Crippen LogP contribution is 2.36. The number of fused-ring (bicyclic) bond motifs is 1. The Morgan fingerprint density at radius 1 is 1.67 bits per heavy atom. The smallest absolute Gasteiger partial charge is 0.259 e. The van der Waals surface area contributed by atoms with Gasteiger partial charge in [-0.05, 0) is 17.7 Å². The van der Waals surface area contributed by atoms with Crippen LogP contribution in [-0.4, -0.2) is 10.9 Å². The SMILES string of the molecule is [N-]=[N+]=Nc1c(C(N)=O)sc2ncccc12. The number of carbonyl (C=O) groups excluding carboxylic acids is 1. The lowest BCUT2D eigenvalue weighted by molar-refractivity contribution is 0.100. The van der Waals surface area contributed by atoms with Crippen molar-refractivity contribution < 1.29 is 4.79 Å². The molecule has 7 heteroatoms. The van der Waals surface area contributed by atoms with Crippen molar-refractivity contribution in [2.24, 2.45) is 10.8 Å². The average molecular weight is 219 g/mol. The number of hydrogen-bond acceptors (Lipinski definition) is 4. The van der Waals surface area contributed by atoms with Crippen molar-refractivity contribution in [3.63, 3.8) is 0 Å². The van der Waals surface area contributed by atoms with Crippen LogP contribution in [0.2, 0.25) is 0 Å². The van der Waals surface area contributed by atoms with Gasteiger partial charge in [-0.15, -0.1) is 11.3 Å². The minimum Gasteiger partial charge on any atom is -0.365 e. The van der Waals surface area contributed by atoms with Crippen LogP contribution in [0, 0.1) is 0 Å². The molecule has 0 unspecified atom stereocenters. The van der Waals surface area contributed by atoms with Gasteiger partial charge in [0.25, 0.3) is 5.91 Å². The van der Waals surface area contributed by atoms with E-state index in [0.717, 1.165) is 11.3 Å². The molecule has 2 N–H and O–H groups in total. The van der Waals surface area contributed by atoms with Gasteiger partial charge in [0.15, 0.2) is 0 Å². The fourth-order valence-corrected chi connectivity index (χ4v) is 2.16. The van der Waals surface area contributed by atoms with E-state index >= 15 is 0 Å². The van der Waals surface area contributed by atoms with Gasteiger partial charge in [0.2, 0.25) is 0 Å². The predicted molar refractivity (Wildman–Crippen MR) is 56.9 cm³/mol. The number of primary amides is 1. The topological polar surface area (TPSA) is 105 Å². The number of aromatic nitrogens is 1. The number of carbonyl (C=O) groups is 1. The van der Waals surface area contributed by atoms with Gasteiger partial charge in [0.1, 0.15) is 9.71 Å². The van der Waals surface area contributed by atoms with Crippen LogP contribution in [-0.2, 0) is 0 Å². The second kappa shape index (κ2) is 3.56. The molecule has 15 heavy (non-hydrogen) atoms. The van der Waals surface area contributed by atoms with Gasteiger partial charge in [-0.25, -0.2) is 4.98 Å². The van der Waals surface area contributed by atoms with Gasteiger partial charge in [-0.2, -0.15) is 0 Å². The first-order valence-corrected chi connectivity index (χ1v) is 4.78. The first kappa shape index (κ1) is 9.45. The van der Waals surface area contributed by atoms with E-state index in [1.54, 1.807) is 18.3 Å².